The lowest BCUT2D eigenvalue weighted by Gasteiger charge is -2.10. The number of esters is 3. The Morgan fingerprint density at radius 1 is 0.966 bits per heavy atom. The second-order valence-corrected chi connectivity index (χ2v) is 7.40. The molecule has 0 unspecified atom stereocenters. The zero-order valence-electron chi connectivity index (χ0n) is 17.0. The quantitative estimate of drug-likeness (QED) is 0.515. The number of hydrogen-bond acceptors (Lipinski definition) is 8. The molecule has 7 nitrogen and oxygen atoms in total. The van der Waals surface area contributed by atoms with Crippen LogP contribution in [-0.4, -0.2) is 31.1 Å². The Labute approximate surface area is 173 Å². The van der Waals surface area contributed by atoms with Gasteiger partial charge in [0.2, 0.25) is 0 Å². The Hall–Kier alpha value is -2.87. The second kappa shape index (κ2) is 10.1. The Bertz CT molecular complexity index is 918. The van der Waals surface area contributed by atoms with Crippen molar-refractivity contribution in [2.75, 3.05) is 18.9 Å². The number of benzene rings is 1. The summed E-state index contributed by atoms with van der Waals surface area (Å²) in [7, 11) is 0. The summed E-state index contributed by atoms with van der Waals surface area (Å²) in [5, 5.41) is 0.117. The summed E-state index contributed by atoms with van der Waals surface area (Å²) in [6, 6.07) is 5.72. The van der Waals surface area contributed by atoms with Crippen LogP contribution in [0.5, 0.6) is 0 Å². The van der Waals surface area contributed by atoms with Crippen molar-refractivity contribution in [3.05, 3.63) is 50.9 Å². The van der Waals surface area contributed by atoms with E-state index in [1.165, 1.54) is 0 Å². The topological polar surface area (TPSA) is 105 Å². The third-order valence-corrected chi connectivity index (χ3v) is 5.31. The van der Waals surface area contributed by atoms with E-state index in [2.05, 4.69) is 0 Å². The minimum Gasteiger partial charge on any atom is -0.462 e. The Balaban J connectivity index is 2.22. The van der Waals surface area contributed by atoms with E-state index in [0.29, 0.717) is 0 Å². The number of thiophene rings is 1. The summed E-state index contributed by atoms with van der Waals surface area (Å²) in [4.78, 5) is 37.0. The highest BCUT2D eigenvalue weighted by Crippen LogP contribution is 2.33. The number of hydrogen-bond donors (Lipinski definition) is 1. The third kappa shape index (κ3) is 5.57. The molecule has 2 rings (SSSR count). The van der Waals surface area contributed by atoms with Gasteiger partial charge in [-0.1, -0.05) is 18.2 Å². The van der Waals surface area contributed by atoms with Crippen LogP contribution < -0.4 is 5.73 Å². The molecule has 2 N–H and O–H groups in total. The molecule has 0 saturated carbocycles. The number of ether oxygens (including phenoxy) is 3. The smallest absolute Gasteiger partial charge is 0.348 e. The summed E-state index contributed by atoms with van der Waals surface area (Å²) in [5.41, 5.74) is 9.22. The number of nitrogen functional groups attached to an aromatic ring is 1. The van der Waals surface area contributed by atoms with Crippen LogP contribution in [-0.2, 0) is 32.0 Å². The number of aryl methyl sites for hydroxylation is 2. The molecule has 29 heavy (non-hydrogen) atoms. The second-order valence-electron chi connectivity index (χ2n) is 6.35. The molecule has 0 atom stereocenters. The molecule has 0 fully saturated rings. The van der Waals surface area contributed by atoms with E-state index in [9.17, 15) is 14.4 Å². The molecule has 8 heteroatoms. The molecule has 2 aromatic rings. The van der Waals surface area contributed by atoms with Crippen LogP contribution in [0.25, 0.3) is 0 Å². The minimum atomic E-state index is -0.669. The SMILES string of the molecule is CCOC(=O)c1sc(N)c(C(=O)OCC)c1COC(=O)Cc1ccc(C)c(C)c1. The lowest BCUT2D eigenvalue weighted by molar-refractivity contribution is -0.144. The van der Waals surface area contributed by atoms with E-state index in [1.54, 1.807) is 13.8 Å². The van der Waals surface area contributed by atoms with Crippen molar-refractivity contribution in [2.45, 2.75) is 40.7 Å². The van der Waals surface area contributed by atoms with Gasteiger partial charge in [0.05, 0.1) is 19.6 Å². The first-order valence-electron chi connectivity index (χ1n) is 9.25. The number of anilines is 1. The van der Waals surface area contributed by atoms with Gasteiger partial charge in [0, 0.05) is 5.56 Å². The van der Waals surface area contributed by atoms with Crippen LogP contribution >= 0.6 is 11.3 Å². The summed E-state index contributed by atoms with van der Waals surface area (Å²) in [6.45, 7) is 7.33. The maximum atomic E-state index is 12.3. The van der Waals surface area contributed by atoms with Crippen LogP contribution in [0.15, 0.2) is 18.2 Å². The lowest BCUT2D eigenvalue weighted by atomic mass is 10.0. The highest BCUT2D eigenvalue weighted by molar-refractivity contribution is 7.18. The Kier molecular flexibility index (Phi) is 7.78. The molecular weight excluding hydrogens is 394 g/mol. The van der Waals surface area contributed by atoms with Crippen molar-refractivity contribution in [1.29, 1.82) is 0 Å². The van der Waals surface area contributed by atoms with Crippen molar-refractivity contribution < 1.29 is 28.6 Å². The minimum absolute atomic E-state index is 0.0406. The van der Waals surface area contributed by atoms with Gasteiger partial charge >= 0.3 is 17.9 Å². The maximum Gasteiger partial charge on any atom is 0.348 e. The summed E-state index contributed by atoms with van der Waals surface area (Å²) in [6.07, 6.45) is 0.0736. The number of carbonyl (C=O) groups is 3. The number of carbonyl (C=O) groups excluding carboxylic acids is 3. The van der Waals surface area contributed by atoms with Crippen LogP contribution in [0, 0.1) is 13.8 Å². The standard InChI is InChI=1S/C21H25NO6S/c1-5-26-20(24)17-15(18(29-19(17)22)21(25)27-6-2)11-28-16(23)10-14-8-7-12(3)13(4)9-14/h7-9H,5-6,10-11,22H2,1-4H3. The van der Waals surface area contributed by atoms with E-state index in [-0.39, 0.29) is 47.2 Å². The highest BCUT2D eigenvalue weighted by Gasteiger charge is 2.28. The van der Waals surface area contributed by atoms with Gasteiger partial charge < -0.3 is 19.9 Å². The summed E-state index contributed by atoms with van der Waals surface area (Å²) in [5.74, 6) is -1.78. The molecule has 1 aromatic carbocycles. The van der Waals surface area contributed by atoms with Gasteiger partial charge in [0.15, 0.2) is 0 Å². The van der Waals surface area contributed by atoms with Gasteiger partial charge in [-0.15, -0.1) is 11.3 Å². The molecule has 1 aromatic heterocycles. The van der Waals surface area contributed by atoms with Gasteiger partial charge in [-0.05, 0) is 44.4 Å². The van der Waals surface area contributed by atoms with Crippen molar-refractivity contribution in [2.24, 2.45) is 0 Å². The predicted molar refractivity (Wildman–Crippen MR) is 110 cm³/mol. The molecule has 0 aliphatic rings. The molecule has 0 bridgehead atoms. The van der Waals surface area contributed by atoms with Gasteiger partial charge in [0.25, 0.3) is 0 Å². The van der Waals surface area contributed by atoms with E-state index >= 15 is 0 Å². The van der Waals surface area contributed by atoms with Crippen LogP contribution in [0.4, 0.5) is 5.00 Å². The molecular formula is C21H25NO6S. The monoisotopic (exact) mass is 419 g/mol. The lowest BCUT2D eigenvalue weighted by Crippen LogP contribution is -2.15. The molecule has 0 aliphatic carbocycles. The van der Waals surface area contributed by atoms with Crippen molar-refractivity contribution in [3.63, 3.8) is 0 Å². The van der Waals surface area contributed by atoms with E-state index in [0.717, 1.165) is 28.0 Å². The van der Waals surface area contributed by atoms with E-state index in [1.807, 2.05) is 32.0 Å². The molecule has 0 radical (unpaired) electrons. The van der Waals surface area contributed by atoms with Gasteiger partial charge in [0.1, 0.15) is 22.0 Å². The van der Waals surface area contributed by atoms with E-state index < -0.39 is 17.9 Å². The maximum absolute atomic E-state index is 12.3. The van der Waals surface area contributed by atoms with Crippen molar-refractivity contribution >= 4 is 34.2 Å². The van der Waals surface area contributed by atoms with E-state index in [4.69, 9.17) is 19.9 Å². The normalized spacial score (nSPS) is 10.5. The third-order valence-electron chi connectivity index (χ3n) is 4.27. The zero-order chi connectivity index (χ0) is 21.6. The van der Waals surface area contributed by atoms with Gasteiger partial charge in [-0.3, -0.25) is 4.79 Å². The average Bonchev–Trinajstić information content (AvgIpc) is 3.00. The first kappa shape index (κ1) is 22.4. The highest BCUT2D eigenvalue weighted by atomic mass is 32.1. The Morgan fingerprint density at radius 3 is 2.24 bits per heavy atom. The molecule has 156 valence electrons. The Morgan fingerprint density at radius 2 is 1.62 bits per heavy atom. The molecule has 0 amide bonds. The fraction of sp³-hybridized carbons (Fsp3) is 0.381. The van der Waals surface area contributed by atoms with Crippen molar-refractivity contribution in [3.8, 4) is 0 Å². The predicted octanol–water partition coefficient (Wildman–Crippen LogP) is 3.59. The fourth-order valence-corrected chi connectivity index (χ4v) is 3.65. The first-order chi connectivity index (χ1) is 13.8. The van der Waals surface area contributed by atoms with Crippen LogP contribution in [0.2, 0.25) is 0 Å². The largest absolute Gasteiger partial charge is 0.462 e. The average molecular weight is 419 g/mol. The van der Waals surface area contributed by atoms with Crippen LogP contribution in [0.3, 0.4) is 0 Å². The van der Waals surface area contributed by atoms with Crippen molar-refractivity contribution in [1.82, 2.24) is 0 Å². The molecule has 0 saturated heterocycles. The fourth-order valence-electron chi connectivity index (χ4n) is 2.69. The van der Waals surface area contributed by atoms with Crippen LogP contribution in [0.1, 0.15) is 56.1 Å². The molecule has 1 heterocycles. The zero-order valence-corrected chi connectivity index (χ0v) is 17.8. The van der Waals surface area contributed by atoms with Gasteiger partial charge in [-0.2, -0.15) is 0 Å². The number of rotatable bonds is 8. The summed E-state index contributed by atoms with van der Waals surface area (Å²) >= 11 is 0.914. The number of nitrogens with two attached hydrogens (primary N) is 1. The summed E-state index contributed by atoms with van der Waals surface area (Å²) < 4.78 is 15.4. The molecule has 0 aliphatic heterocycles. The first-order valence-corrected chi connectivity index (χ1v) is 10.1. The molecule has 0 spiro atoms. The van der Waals surface area contributed by atoms with Gasteiger partial charge in [-0.25, -0.2) is 9.59 Å².